The van der Waals surface area contributed by atoms with Crippen molar-refractivity contribution in [1.29, 1.82) is 0 Å². The first-order chi connectivity index (χ1) is 8.33. The number of primary sulfonamides is 1. The molecule has 0 aromatic heterocycles. The number of anilines is 1. The number of nitrogens with two attached hydrogens (primary N) is 1. The Bertz CT molecular complexity index is 545. The van der Waals surface area contributed by atoms with E-state index in [-0.39, 0.29) is 12.3 Å². The minimum absolute atomic E-state index is 0.0483. The number of carbonyl (C=O) groups is 1. The van der Waals surface area contributed by atoms with Crippen molar-refractivity contribution in [2.75, 3.05) is 24.7 Å². The summed E-state index contributed by atoms with van der Waals surface area (Å²) in [5.41, 5.74) is 0.951. The molecule has 0 aliphatic carbocycles. The van der Waals surface area contributed by atoms with E-state index in [1.54, 1.807) is 19.2 Å². The molecular weight excluding hydrogens is 278 g/mol. The number of amides is 1. The van der Waals surface area contributed by atoms with Gasteiger partial charge in [0.2, 0.25) is 10.0 Å². The van der Waals surface area contributed by atoms with E-state index in [1.807, 2.05) is 0 Å². The Labute approximate surface area is 111 Å². The zero-order valence-corrected chi connectivity index (χ0v) is 11.3. The Morgan fingerprint density at radius 3 is 2.67 bits per heavy atom. The van der Waals surface area contributed by atoms with Crippen molar-refractivity contribution in [3.63, 3.8) is 0 Å². The highest BCUT2D eigenvalue weighted by Gasteiger charge is 2.12. The Hall–Kier alpha value is -1.31. The number of hydrogen-bond donors (Lipinski definition) is 3. The minimum Gasteiger partial charge on any atom is -0.387 e. The van der Waals surface area contributed by atoms with Crippen LogP contribution in [0.4, 0.5) is 5.69 Å². The summed E-state index contributed by atoms with van der Waals surface area (Å²) < 4.78 is 21.4. The number of carbonyl (C=O) groups excluding carboxylic acids is 1. The predicted molar refractivity (Wildman–Crippen MR) is 71.3 cm³/mol. The maximum atomic E-state index is 11.8. The number of halogens is 1. The van der Waals surface area contributed by atoms with E-state index in [9.17, 15) is 13.2 Å². The molecule has 6 nitrogen and oxygen atoms in total. The van der Waals surface area contributed by atoms with Gasteiger partial charge in [0.25, 0.3) is 5.91 Å². The molecule has 0 aliphatic heterocycles. The molecule has 100 valence electrons. The lowest BCUT2D eigenvalue weighted by molar-refractivity contribution is 0.0957. The van der Waals surface area contributed by atoms with Gasteiger partial charge in [-0.1, -0.05) is 11.6 Å². The van der Waals surface area contributed by atoms with Gasteiger partial charge in [0.1, 0.15) is 0 Å². The van der Waals surface area contributed by atoms with Gasteiger partial charge in [-0.2, -0.15) is 0 Å². The van der Waals surface area contributed by atoms with Gasteiger partial charge < -0.3 is 10.6 Å². The normalized spacial score (nSPS) is 11.1. The third kappa shape index (κ3) is 4.52. The van der Waals surface area contributed by atoms with Crippen molar-refractivity contribution >= 4 is 33.2 Å². The fourth-order valence-corrected chi connectivity index (χ4v) is 1.88. The molecule has 0 unspecified atom stereocenters. The van der Waals surface area contributed by atoms with Gasteiger partial charge in [-0.15, -0.1) is 0 Å². The molecule has 0 spiro atoms. The highest BCUT2D eigenvalue weighted by Crippen LogP contribution is 2.19. The quantitative estimate of drug-likeness (QED) is 0.731. The highest BCUT2D eigenvalue weighted by molar-refractivity contribution is 7.89. The minimum atomic E-state index is -3.58. The number of benzene rings is 1. The van der Waals surface area contributed by atoms with Crippen LogP contribution >= 0.6 is 11.6 Å². The number of rotatable bonds is 5. The van der Waals surface area contributed by atoms with E-state index < -0.39 is 15.9 Å². The van der Waals surface area contributed by atoms with Crippen LogP contribution in [-0.4, -0.2) is 33.7 Å². The zero-order valence-electron chi connectivity index (χ0n) is 9.73. The summed E-state index contributed by atoms with van der Waals surface area (Å²) >= 11 is 5.80. The highest BCUT2D eigenvalue weighted by atomic mass is 35.5. The summed E-state index contributed by atoms with van der Waals surface area (Å²) in [6.45, 7) is -0.0483. The summed E-state index contributed by atoms with van der Waals surface area (Å²) in [6, 6.07) is 4.81. The van der Waals surface area contributed by atoms with Crippen LogP contribution in [0.2, 0.25) is 5.02 Å². The second-order valence-electron chi connectivity index (χ2n) is 3.56. The molecule has 8 heteroatoms. The van der Waals surface area contributed by atoms with E-state index in [0.29, 0.717) is 16.3 Å². The summed E-state index contributed by atoms with van der Waals surface area (Å²) in [7, 11) is -1.91. The van der Waals surface area contributed by atoms with E-state index in [0.717, 1.165) is 0 Å². The lowest BCUT2D eigenvalue weighted by Crippen LogP contribution is -2.31. The van der Waals surface area contributed by atoms with Crippen LogP contribution in [0, 0.1) is 0 Å². The molecule has 0 bridgehead atoms. The lowest BCUT2D eigenvalue weighted by Gasteiger charge is -2.09. The van der Waals surface area contributed by atoms with Crippen molar-refractivity contribution in [3.8, 4) is 0 Å². The van der Waals surface area contributed by atoms with Crippen LogP contribution < -0.4 is 15.8 Å². The van der Waals surface area contributed by atoms with Gasteiger partial charge in [0.15, 0.2) is 0 Å². The van der Waals surface area contributed by atoms with E-state index in [2.05, 4.69) is 10.6 Å². The third-order valence-corrected chi connectivity index (χ3v) is 3.18. The summed E-state index contributed by atoms with van der Waals surface area (Å²) in [5, 5.41) is 10.6. The molecule has 1 rings (SSSR count). The van der Waals surface area contributed by atoms with E-state index >= 15 is 0 Å². The van der Waals surface area contributed by atoms with Gasteiger partial charge in [-0.25, -0.2) is 13.6 Å². The SMILES string of the molecule is CNc1ccc(Cl)cc1C(=O)NCCS(N)(=O)=O. The van der Waals surface area contributed by atoms with Crippen molar-refractivity contribution in [2.24, 2.45) is 5.14 Å². The van der Waals surface area contributed by atoms with Crippen LogP contribution in [0.25, 0.3) is 0 Å². The molecule has 0 heterocycles. The fraction of sp³-hybridized carbons (Fsp3) is 0.300. The molecule has 4 N–H and O–H groups in total. The standard InChI is InChI=1S/C10H14ClN3O3S/c1-13-9-3-2-7(11)6-8(9)10(15)14-4-5-18(12,16)17/h2-3,6,13H,4-5H2,1H3,(H,14,15)(H2,12,16,17). The first kappa shape index (κ1) is 14.7. The number of sulfonamides is 1. The Morgan fingerprint density at radius 2 is 2.11 bits per heavy atom. The molecule has 0 saturated heterocycles. The summed E-state index contributed by atoms with van der Waals surface area (Å²) in [6.07, 6.45) is 0. The van der Waals surface area contributed by atoms with Crippen molar-refractivity contribution in [1.82, 2.24) is 5.32 Å². The predicted octanol–water partition coefficient (Wildman–Crippen LogP) is 0.400. The van der Waals surface area contributed by atoms with Crippen molar-refractivity contribution in [3.05, 3.63) is 28.8 Å². The monoisotopic (exact) mass is 291 g/mol. The first-order valence-electron chi connectivity index (χ1n) is 5.09. The van der Waals surface area contributed by atoms with Crippen LogP contribution in [0.1, 0.15) is 10.4 Å². The van der Waals surface area contributed by atoms with Gasteiger partial charge >= 0.3 is 0 Å². The lowest BCUT2D eigenvalue weighted by atomic mass is 10.1. The molecule has 0 fully saturated rings. The molecule has 0 saturated carbocycles. The van der Waals surface area contributed by atoms with Crippen LogP contribution in [-0.2, 0) is 10.0 Å². The summed E-state index contributed by atoms with van der Waals surface area (Å²) in [4.78, 5) is 11.8. The number of nitrogens with one attached hydrogen (secondary N) is 2. The average Bonchev–Trinajstić information content (AvgIpc) is 2.27. The van der Waals surface area contributed by atoms with Crippen molar-refractivity contribution < 1.29 is 13.2 Å². The van der Waals surface area contributed by atoms with Crippen LogP contribution in [0.5, 0.6) is 0 Å². The maximum Gasteiger partial charge on any atom is 0.253 e. The Morgan fingerprint density at radius 1 is 1.44 bits per heavy atom. The molecule has 0 atom stereocenters. The van der Waals surface area contributed by atoms with Gasteiger partial charge in [0, 0.05) is 24.3 Å². The molecule has 0 radical (unpaired) electrons. The van der Waals surface area contributed by atoms with E-state index in [4.69, 9.17) is 16.7 Å². The smallest absolute Gasteiger partial charge is 0.253 e. The Kier molecular flexibility index (Phi) is 4.94. The fourth-order valence-electron chi connectivity index (χ4n) is 1.32. The van der Waals surface area contributed by atoms with Crippen LogP contribution in [0.15, 0.2) is 18.2 Å². The molecule has 0 aliphatic rings. The van der Waals surface area contributed by atoms with Crippen molar-refractivity contribution in [2.45, 2.75) is 0 Å². The second-order valence-corrected chi connectivity index (χ2v) is 5.73. The molecular formula is C10H14ClN3O3S. The van der Waals surface area contributed by atoms with Gasteiger partial charge in [-0.05, 0) is 18.2 Å². The average molecular weight is 292 g/mol. The van der Waals surface area contributed by atoms with Gasteiger partial charge in [-0.3, -0.25) is 4.79 Å². The maximum absolute atomic E-state index is 11.8. The van der Waals surface area contributed by atoms with E-state index in [1.165, 1.54) is 6.07 Å². The largest absolute Gasteiger partial charge is 0.387 e. The van der Waals surface area contributed by atoms with Gasteiger partial charge in [0.05, 0.1) is 11.3 Å². The number of hydrogen-bond acceptors (Lipinski definition) is 4. The molecule has 1 amide bonds. The zero-order chi connectivity index (χ0) is 13.8. The molecule has 18 heavy (non-hydrogen) atoms. The topological polar surface area (TPSA) is 101 Å². The molecule has 1 aromatic rings. The summed E-state index contributed by atoms with van der Waals surface area (Å²) in [5.74, 6) is -0.723. The third-order valence-electron chi connectivity index (χ3n) is 2.17. The second kappa shape index (κ2) is 6.03. The van der Waals surface area contributed by atoms with Crippen LogP contribution in [0.3, 0.4) is 0 Å². The first-order valence-corrected chi connectivity index (χ1v) is 7.19. The Balaban J connectivity index is 2.75. The molecule has 1 aromatic carbocycles.